The third-order valence-electron chi connectivity index (χ3n) is 2.92. The molecular formula is C13H18BrN5. The van der Waals surface area contributed by atoms with Crippen LogP contribution in [0.2, 0.25) is 0 Å². The van der Waals surface area contributed by atoms with Gasteiger partial charge < -0.3 is 5.32 Å². The number of nitrogens with one attached hydrogen (secondary N) is 1. The smallest absolute Gasteiger partial charge is 0.159 e. The van der Waals surface area contributed by atoms with Gasteiger partial charge in [0.15, 0.2) is 5.82 Å². The van der Waals surface area contributed by atoms with E-state index in [1.54, 1.807) is 0 Å². The number of nitrogens with zero attached hydrogens (tertiary/aromatic N) is 4. The van der Waals surface area contributed by atoms with Crippen molar-refractivity contribution in [2.24, 2.45) is 0 Å². The minimum absolute atomic E-state index is 0.271. The van der Waals surface area contributed by atoms with Crippen molar-refractivity contribution in [1.82, 2.24) is 19.7 Å². The topological polar surface area (TPSA) is 55.6 Å². The zero-order valence-corrected chi connectivity index (χ0v) is 13.4. The van der Waals surface area contributed by atoms with E-state index in [1.165, 1.54) is 0 Å². The van der Waals surface area contributed by atoms with Gasteiger partial charge in [-0.25, -0.2) is 14.6 Å². The highest BCUT2D eigenvalue weighted by Gasteiger charge is 2.14. The third kappa shape index (κ3) is 2.63. The lowest BCUT2D eigenvalue weighted by Crippen LogP contribution is -2.09. The second-order valence-electron chi connectivity index (χ2n) is 4.77. The van der Waals surface area contributed by atoms with Gasteiger partial charge in [0.2, 0.25) is 0 Å². The number of halogens is 1. The summed E-state index contributed by atoms with van der Waals surface area (Å²) < 4.78 is 2.86. The van der Waals surface area contributed by atoms with E-state index in [1.807, 2.05) is 31.6 Å². The van der Waals surface area contributed by atoms with Gasteiger partial charge in [0.05, 0.1) is 15.9 Å². The van der Waals surface area contributed by atoms with Gasteiger partial charge in [0, 0.05) is 19.0 Å². The molecule has 0 fully saturated rings. The Bertz CT molecular complexity index is 603. The molecule has 0 aromatic carbocycles. The maximum Gasteiger partial charge on any atom is 0.159 e. The summed E-state index contributed by atoms with van der Waals surface area (Å²) >= 11 is 3.54. The maximum atomic E-state index is 4.59. The fraction of sp³-hybridized carbons (Fsp3) is 0.462. The first kappa shape index (κ1) is 14.0. The molecule has 19 heavy (non-hydrogen) atoms. The highest BCUT2D eigenvalue weighted by atomic mass is 79.9. The number of hydrogen-bond acceptors (Lipinski definition) is 4. The van der Waals surface area contributed by atoms with E-state index in [0.717, 1.165) is 33.3 Å². The van der Waals surface area contributed by atoms with Crippen LogP contribution in [0.15, 0.2) is 10.5 Å². The summed E-state index contributed by atoms with van der Waals surface area (Å²) in [6.07, 6.45) is 0. The second-order valence-corrected chi connectivity index (χ2v) is 5.56. The third-order valence-corrected chi connectivity index (χ3v) is 4.07. The molecular weight excluding hydrogens is 306 g/mol. The Morgan fingerprint density at radius 3 is 2.42 bits per heavy atom. The molecule has 0 atom stereocenters. The molecule has 0 amide bonds. The first-order valence-corrected chi connectivity index (χ1v) is 7.02. The van der Waals surface area contributed by atoms with Gasteiger partial charge in [-0.3, -0.25) is 0 Å². The molecule has 5 nitrogen and oxygen atoms in total. The highest BCUT2D eigenvalue weighted by molar-refractivity contribution is 9.10. The van der Waals surface area contributed by atoms with Crippen molar-refractivity contribution in [3.8, 4) is 5.82 Å². The van der Waals surface area contributed by atoms with Crippen LogP contribution in [-0.4, -0.2) is 26.8 Å². The van der Waals surface area contributed by atoms with Gasteiger partial charge in [-0.15, -0.1) is 0 Å². The molecule has 102 valence electrons. The Hall–Kier alpha value is -1.43. The molecule has 2 rings (SSSR count). The normalized spacial score (nSPS) is 11.1. The summed E-state index contributed by atoms with van der Waals surface area (Å²) in [5.41, 5.74) is 1.99. The molecule has 2 aromatic rings. The lowest BCUT2D eigenvalue weighted by molar-refractivity contribution is 0.737. The van der Waals surface area contributed by atoms with Crippen molar-refractivity contribution in [2.75, 3.05) is 12.4 Å². The summed E-state index contributed by atoms with van der Waals surface area (Å²) in [6, 6.07) is 1.90. The minimum Gasteiger partial charge on any atom is -0.373 e. The second kappa shape index (κ2) is 5.28. The van der Waals surface area contributed by atoms with Crippen LogP contribution in [0.1, 0.15) is 37.0 Å². The van der Waals surface area contributed by atoms with Crippen LogP contribution in [0.3, 0.4) is 0 Å². The van der Waals surface area contributed by atoms with Crippen molar-refractivity contribution in [2.45, 2.75) is 33.6 Å². The summed E-state index contributed by atoms with van der Waals surface area (Å²) in [4.78, 5) is 9.06. The zero-order valence-electron chi connectivity index (χ0n) is 11.8. The Labute approximate surface area is 121 Å². The quantitative estimate of drug-likeness (QED) is 0.942. The number of rotatable bonds is 3. The van der Waals surface area contributed by atoms with E-state index in [2.05, 4.69) is 50.2 Å². The van der Waals surface area contributed by atoms with E-state index in [9.17, 15) is 0 Å². The average molecular weight is 324 g/mol. The maximum absolute atomic E-state index is 4.59. The fourth-order valence-corrected chi connectivity index (χ4v) is 2.04. The number of aryl methyl sites for hydroxylation is 1. The summed E-state index contributed by atoms with van der Waals surface area (Å²) in [6.45, 7) is 8.14. The number of anilines is 1. The van der Waals surface area contributed by atoms with E-state index < -0.39 is 0 Å². The molecule has 0 spiro atoms. The monoisotopic (exact) mass is 323 g/mol. The molecule has 0 aliphatic heterocycles. The van der Waals surface area contributed by atoms with Crippen molar-refractivity contribution in [3.63, 3.8) is 0 Å². The van der Waals surface area contributed by atoms with Gasteiger partial charge in [-0.1, -0.05) is 13.8 Å². The highest BCUT2D eigenvalue weighted by Crippen LogP contribution is 2.24. The number of hydrogen-bond donors (Lipinski definition) is 1. The molecule has 6 heteroatoms. The van der Waals surface area contributed by atoms with Crippen molar-refractivity contribution in [3.05, 3.63) is 27.8 Å². The van der Waals surface area contributed by atoms with Gasteiger partial charge in [0.25, 0.3) is 0 Å². The van der Waals surface area contributed by atoms with Gasteiger partial charge in [-0.2, -0.15) is 5.10 Å². The van der Waals surface area contributed by atoms with Crippen molar-refractivity contribution in [1.29, 1.82) is 0 Å². The minimum atomic E-state index is 0.271. The summed E-state index contributed by atoms with van der Waals surface area (Å²) in [5.74, 6) is 2.67. The van der Waals surface area contributed by atoms with Crippen LogP contribution in [0.4, 0.5) is 5.82 Å². The largest absolute Gasteiger partial charge is 0.373 e. The van der Waals surface area contributed by atoms with Gasteiger partial charge >= 0.3 is 0 Å². The molecule has 0 unspecified atom stereocenters. The molecule has 0 radical (unpaired) electrons. The number of aromatic nitrogens is 4. The molecule has 0 aliphatic rings. The molecule has 0 saturated carbocycles. The predicted molar refractivity (Wildman–Crippen MR) is 80.0 cm³/mol. The standard InChI is InChI=1S/C13H18BrN5/c1-7(2)13-16-10(15-5)6-11(17-13)19-9(4)12(14)8(3)18-19/h6-7H,1-5H3,(H,15,16,17). The zero-order chi connectivity index (χ0) is 14.2. The molecule has 0 aliphatic carbocycles. The summed E-state index contributed by atoms with van der Waals surface area (Å²) in [7, 11) is 1.85. The Balaban J connectivity index is 2.61. The van der Waals surface area contributed by atoms with E-state index in [4.69, 9.17) is 0 Å². The van der Waals surface area contributed by atoms with Crippen molar-refractivity contribution >= 4 is 21.7 Å². The molecule has 0 saturated heterocycles. The Morgan fingerprint density at radius 1 is 1.26 bits per heavy atom. The predicted octanol–water partition coefficient (Wildman–Crippen LogP) is 3.21. The molecule has 2 heterocycles. The average Bonchev–Trinajstić information content (AvgIpc) is 2.66. The molecule has 0 bridgehead atoms. The summed E-state index contributed by atoms with van der Waals surface area (Å²) in [5, 5.41) is 7.58. The first-order chi connectivity index (χ1) is 8.93. The van der Waals surface area contributed by atoms with Gasteiger partial charge in [0.1, 0.15) is 11.6 Å². The van der Waals surface area contributed by atoms with E-state index >= 15 is 0 Å². The van der Waals surface area contributed by atoms with Crippen LogP contribution in [0, 0.1) is 13.8 Å². The fourth-order valence-electron chi connectivity index (χ4n) is 1.79. The van der Waals surface area contributed by atoms with E-state index in [0.29, 0.717) is 0 Å². The van der Waals surface area contributed by atoms with E-state index in [-0.39, 0.29) is 5.92 Å². The van der Waals surface area contributed by atoms with Crippen molar-refractivity contribution < 1.29 is 0 Å². The van der Waals surface area contributed by atoms with Crippen LogP contribution in [0.25, 0.3) is 5.82 Å². The lowest BCUT2D eigenvalue weighted by atomic mass is 10.2. The molecule has 2 aromatic heterocycles. The van der Waals surface area contributed by atoms with Crippen LogP contribution < -0.4 is 5.32 Å². The van der Waals surface area contributed by atoms with Crippen LogP contribution in [0.5, 0.6) is 0 Å². The molecule has 1 N–H and O–H groups in total. The Morgan fingerprint density at radius 2 is 1.95 bits per heavy atom. The van der Waals surface area contributed by atoms with Crippen LogP contribution >= 0.6 is 15.9 Å². The Kier molecular flexibility index (Phi) is 3.89. The SMILES string of the molecule is CNc1cc(-n2nc(C)c(Br)c2C)nc(C(C)C)n1. The van der Waals surface area contributed by atoms with Gasteiger partial charge in [-0.05, 0) is 29.8 Å². The first-order valence-electron chi connectivity index (χ1n) is 6.22. The van der Waals surface area contributed by atoms with Crippen LogP contribution in [-0.2, 0) is 0 Å². The lowest BCUT2D eigenvalue weighted by Gasteiger charge is -2.10.